The lowest BCUT2D eigenvalue weighted by Crippen LogP contribution is -3.17. The molecule has 0 saturated carbocycles. The van der Waals surface area contributed by atoms with Crippen LogP contribution in [-0.2, 0) is 27.3 Å². The number of fused-ring (bicyclic) bond motifs is 1. The van der Waals surface area contributed by atoms with E-state index in [-0.39, 0.29) is 12.5 Å². The molecule has 7 nitrogen and oxygen atoms in total. The molecule has 1 aliphatic heterocycles. The van der Waals surface area contributed by atoms with E-state index >= 15 is 0 Å². The van der Waals surface area contributed by atoms with Crippen LogP contribution in [0.1, 0.15) is 22.3 Å². The fourth-order valence-electron chi connectivity index (χ4n) is 3.72. The van der Waals surface area contributed by atoms with Crippen molar-refractivity contribution in [2.24, 2.45) is 0 Å². The van der Waals surface area contributed by atoms with E-state index in [2.05, 4.69) is 10.6 Å². The van der Waals surface area contributed by atoms with E-state index in [9.17, 15) is 14.4 Å². The van der Waals surface area contributed by atoms with Crippen molar-refractivity contribution in [1.29, 1.82) is 0 Å². The number of hydrogen-bond donors (Lipinski definition) is 3. The quantitative estimate of drug-likeness (QED) is 0.676. The third kappa shape index (κ3) is 5.00. The van der Waals surface area contributed by atoms with Crippen LogP contribution in [0, 0.1) is 13.8 Å². The summed E-state index contributed by atoms with van der Waals surface area (Å²) in [5.41, 5.74) is 4.83. The summed E-state index contributed by atoms with van der Waals surface area (Å²) >= 11 is 0. The number of anilines is 1. The number of benzene rings is 2. The van der Waals surface area contributed by atoms with Crippen molar-refractivity contribution in [2.75, 3.05) is 19.0 Å². The lowest BCUT2D eigenvalue weighted by Gasteiger charge is -2.31. The number of methoxy groups -OCH3 is 1. The third-order valence-corrected chi connectivity index (χ3v) is 5.21. The van der Waals surface area contributed by atoms with Crippen LogP contribution in [-0.4, -0.2) is 37.6 Å². The van der Waals surface area contributed by atoms with Gasteiger partial charge in [0.05, 0.1) is 7.11 Å². The minimum absolute atomic E-state index is 0.00555. The maximum Gasteiger partial charge on any atom is 0.365 e. The molecule has 0 radical (unpaired) electrons. The number of aryl methyl sites for hydroxylation is 2. The lowest BCUT2D eigenvalue weighted by atomic mass is 9.94. The van der Waals surface area contributed by atoms with Crippen molar-refractivity contribution >= 4 is 23.6 Å². The second-order valence-corrected chi connectivity index (χ2v) is 7.38. The summed E-state index contributed by atoms with van der Waals surface area (Å²) < 4.78 is 4.93. The van der Waals surface area contributed by atoms with Gasteiger partial charge in [-0.2, -0.15) is 0 Å². The average Bonchev–Trinajstić information content (AvgIpc) is 2.69. The Bertz CT molecular complexity index is 941. The van der Waals surface area contributed by atoms with Crippen molar-refractivity contribution in [2.45, 2.75) is 32.9 Å². The lowest BCUT2D eigenvalue weighted by molar-refractivity contribution is -0.924. The minimum Gasteiger partial charge on any atom is -0.465 e. The summed E-state index contributed by atoms with van der Waals surface area (Å²) in [6, 6.07) is 12.4. The SMILES string of the molecule is COC(=O)[C@@H]1Cc2ccccc2C[NH+]1CC(=O)NC(=O)Nc1ccc(C)cc1C. The Hall–Kier alpha value is -3.19. The van der Waals surface area contributed by atoms with E-state index in [0.29, 0.717) is 18.7 Å². The summed E-state index contributed by atoms with van der Waals surface area (Å²) in [5, 5.41) is 5.05. The monoisotopic (exact) mass is 396 g/mol. The highest BCUT2D eigenvalue weighted by Gasteiger charge is 2.37. The average molecular weight is 396 g/mol. The van der Waals surface area contributed by atoms with Crippen molar-refractivity contribution in [3.63, 3.8) is 0 Å². The smallest absolute Gasteiger partial charge is 0.365 e. The van der Waals surface area contributed by atoms with E-state index in [4.69, 9.17) is 4.74 Å². The summed E-state index contributed by atoms with van der Waals surface area (Å²) in [4.78, 5) is 37.7. The molecule has 3 rings (SSSR count). The highest BCUT2D eigenvalue weighted by Crippen LogP contribution is 2.16. The summed E-state index contributed by atoms with van der Waals surface area (Å²) in [7, 11) is 1.35. The molecule has 0 aliphatic carbocycles. The van der Waals surface area contributed by atoms with Gasteiger partial charge >= 0.3 is 12.0 Å². The number of esters is 1. The predicted octanol–water partition coefficient (Wildman–Crippen LogP) is 1.13. The Morgan fingerprint density at radius 1 is 1.10 bits per heavy atom. The molecule has 2 atom stereocenters. The fourth-order valence-corrected chi connectivity index (χ4v) is 3.72. The van der Waals surface area contributed by atoms with Crippen molar-refractivity contribution in [1.82, 2.24) is 5.32 Å². The first-order valence-corrected chi connectivity index (χ1v) is 9.54. The van der Waals surface area contributed by atoms with Crippen LogP contribution in [0.4, 0.5) is 10.5 Å². The van der Waals surface area contributed by atoms with Gasteiger partial charge in [-0.25, -0.2) is 9.59 Å². The van der Waals surface area contributed by atoms with Gasteiger partial charge in [0.2, 0.25) is 0 Å². The maximum absolute atomic E-state index is 12.5. The molecule has 0 spiro atoms. The second-order valence-electron chi connectivity index (χ2n) is 7.38. The molecule has 1 aliphatic rings. The molecule has 1 heterocycles. The largest absolute Gasteiger partial charge is 0.465 e. The summed E-state index contributed by atoms with van der Waals surface area (Å²) in [6.07, 6.45) is 0.500. The summed E-state index contributed by atoms with van der Waals surface area (Å²) in [6.45, 7) is 4.37. The summed E-state index contributed by atoms with van der Waals surface area (Å²) in [5.74, 6) is -0.808. The molecule has 29 heavy (non-hydrogen) atoms. The maximum atomic E-state index is 12.5. The first-order valence-electron chi connectivity index (χ1n) is 9.54. The Kier molecular flexibility index (Phi) is 6.29. The normalized spacial score (nSPS) is 17.8. The minimum atomic E-state index is -0.589. The van der Waals surface area contributed by atoms with Crippen molar-refractivity contribution in [3.8, 4) is 0 Å². The first kappa shape index (κ1) is 20.5. The number of amides is 3. The number of ether oxygens (including phenoxy) is 1. The highest BCUT2D eigenvalue weighted by molar-refractivity contribution is 6.01. The Morgan fingerprint density at radius 3 is 2.52 bits per heavy atom. The molecule has 2 aromatic carbocycles. The molecule has 1 unspecified atom stereocenters. The number of rotatable bonds is 4. The topological polar surface area (TPSA) is 88.9 Å². The van der Waals surface area contributed by atoms with E-state index in [0.717, 1.165) is 27.2 Å². The van der Waals surface area contributed by atoms with Crippen LogP contribution in [0.2, 0.25) is 0 Å². The predicted molar refractivity (Wildman–Crippen MR) is 109 cm³/mol. The van der Waals surface area contributed by atoms with Gasteiger partial charge in [0, 0.05) is 17.7 Å². The number of hydrogen-bond acceptors (Lipinski definition) is 4. The zero-order valence-corrected chi connectivity index (χ0v) is 16.9. The molecule has 7 heteroatoms. The molecule has 2 aromatic rings. The Morgan fingerprint density at radius 2 is 1.83 bits per heavy atom. The first-order chi connectivity index (χ1) is 13.9. The van der Waals surface area contributed by atoms with Crippen molar-refractivity contribution < 1.29 is 24.0 Å². The fraction of sp³-hybridized carbons (Fsp3) is 0.318. The number of quaternary nitrogens is 1. The van der Waals surface area contributed by atoms with Crippen LogP contribution in [0.25, 0.3) is 0 Å². The van der Waals surface area contributed by atoms with Gasteiger partial charge in [-0.05, 0) is 31.0 Å². The Labute approximate surface area is 170 Å². The van der Waals surface area contributed by atoms with E-state index in [1.807, 2.05) is 50.2 Å². The van der Waals surface area contributed by atoms with Crippen LogP contribution in [0.3, 0.4) is 0 Å². The second kappa shape index (κ2) is 8.87. The van der Waals surface area contributed by atoms with Gasteiger partial charge < -0.3 is 15.0 Å². The van der Waals surface area contributed by atoms with Crippen molar-refractivity contribution in [3.05, 3.63) is 64.7 Å². The van der Waals surface area contributed by atoms with Gasteiger partial charge in [0.15, 0.2) is 12.6 Å². The molecule has 0 aromatic heterocycles. The number of carbonyl (C=O) groups is 3. The van der Waals surface area contributed by atoms with Gasteiger partial charge in [0.1, 0.15) is 6.54 Å². The van der Waals surface area contributed by atoms with Crippen LogP contribution in [0.15, 0.2) is 42.5 Å². The molecule has 0 fully saturated rings. The standard InChI is InChI=1S/C22H25N3O4/c1-14-8-9-18(15(2)10-14)23-22(28)24-20(26)13-25-12-17-7-5-4-6-16(17)11-19(25)21(27)29-3/h4-10,19H,11-13H2,1-3H3,(H2,23,24,26,28)/p+1/t19-/m0/s1. The molecule has 3 N–H and O–H groups in total. The molecule has 152 valence electrons. The van der Waals surface area contributed by atoms with Crippen LogP contribution in [0.5, 0.6) is 0 Å². The number of nitrogens with one attached hydrogen (secondary N) is 3. The Balaban J connectivity index is 1.65. The van der Waals surface area contributed by atoms with Gasteiger partial charge in [0.25, 0.3) is 5.91 Å². The third-order valence-electron chi connectivity index (χ3n) is 5.21. The molecule has 3 amide bonds. The van der Waals surface area contributed by atoms with Gasteiger partial charge in [-0.3, -0.25) is 10.1 Å². The van der Waals surface area contributed by atoms with E-state index in [1.165, 1.54) is 7.11 Å². The van der Waals surface area contributed by atoms with Gasteiger partial charge in [-0.15, -0.1) is 0 Å². The number of urea groups is 1. The number of carbonyl (C=O) groups excluding carboxylic acids is 3. The van der Waals surface area contributed by atoms with Gasteiger partial charge in [-0.1, -0.05) is 42.0 Å². The van der Waals surface area contributed by atoms with Crippen LogP contribution < -0.4 is 15.5 Å². The molecule has 0 saturated heterocycles. The number of imide groups is 1. The zero-order valence-electron chi connectivity index (χ0n) is 16.9. The zero-order chi connectivity index (χ0) is 21.0. The molecular weight excluding hydrogens is 370 g/mol. The molecule has 0 bridgehead atoms. The van der Waals surface area contributed by atoms with E-state index in [1.54, 1.807) is 6.07 Å². The molecular formula is C22H26N3O4+. The van der Waals surface area contributed by atoms with Crippen LogP contribution >= 0.6 is 0 Å². The van der Waals surface area contributed by atoms with E-state index < -0.39 is 18.0 Å². The highest BCUT2D eigenvalue weighted by atomic mass is 16.5.